The van der Waals surface area contributed by atoms with Crippen LogP contribution < -0.4 is 5.01 Å². The number of amides is 1. The molecule has 2 heterocycles. The van der Waals surface area contributed by atoms with E-state index < -0.39 is 23.1 Å². The standard InChI is InChI=1S/C26H29N3O4/c1-25(2,3)33-24(31)28-16-15-22-26(18-28,23(30)32-4)17-21(19-11-7-5-8-12-19)27-29(22)20-13-9-6-10-14-20/h5-15H,16-18H2,1-4H3. The summed E-state index contributed by atoms with van der Waals surface area (Å²) in [6.07, 6.45) is 1.72. The molecule has 7 nitrogen and oxygen atoms in total. The summed E-state index contributed by atoms with van der Waals surface area (Å²) < 4.78 is 10.9. The number of ether oxygens (including phenoxy) is 2. The SMILES string of the molecule is COC(=O)C12CC(c3ccccc3)=NN(c3ccccc3)C1=CCN(C(=O)OC(C)(C)C)C2. The molecule has 2 aliphatic heterocycles. The largest absolute Gasteiger partial charge is 0.468 e. The van der Waals surface area contributed by atoms with Gasteiger partial charge in [-0.25, -0.2) is 9.80 Å². The summed E-state index contributed by atoms with van der Waals surface area (Å²) in [5.74, 6) is -0.411. The van der Waals surface area contributed by atoms with E-state index in [4.69, 9.17) is 14.6 Å². The monoisotopic (exact) mass is 447 g/mol. The maximum atomic E-state index is 13.4. The number of carbonyl (C=O) groups excluding carboxylic acids is 2. The third-order valence-electron chi connectivity index (χ3n) is 5.71. The number of hydrazone groups is 1. The molecule has 0 aromatic heterocycles. The van der Waals surface area contributed by atoms with E-state index in [0.717, 1.165) is 17.0 Å². The molecule has 0 saturated carbocycles. The van der Waals surface area contributed by atoms with Crippen molar-refractivity contribution in [2.45, 2.75) is 32.8 Å². The number of rotatable bonds is 3. The second-order valence-electron chi connectivity index (χ2n) is 9.26. The smallest absolute Gasteiger partial charge is 0.410 e. The maximum absolute atomic E-state index is 13.4. The number of carbonyl (C=O) groups is 2. The van der Waals surface area contributed by atoms with Crippen molar-refractivity contribution in [2.24, 2.45) is 10.5 Å². The predicted molar refractivity (Wildman–Crippen MR) is 127 cm³/mol. The molecule has 33 heavy (non-hydrogen) atoms. The summed E-state index contributed by atoms with van der Waals surface area (Å²) in [7, 11) is 1.38. The fraction of sp³-hybridized carbons (Fsp3) is 0.346. The van der Waals surface area contributed by atoms with E-state index in [9.17, 15) is 9.59 Å². The Bertz CT molecular complexity index is 1090. The Morgan fingerprint density at radius 1 is 1.00 bits per heavy atom. The van der Waals surface area contributed by atoms with Gasteiger partial charge in [-0.15, -0.1) is 0 Å². The van der Waals surface area contributed by atoms with Crippen LogP contribution >= 0.6 is 0 Å². The highest BCUT2D eigenvalue weighted by Gasteiger charge is 2.53. The Morgan fingerprint density at radius 3 is 2.24 bits per heavy atom. The van der Waals surface area contributed by atoms with Crippen LogP contribution in [0.4, 0.5) is 10.5 Å². The molecular weight excluding hydrogens is 418 g/mol. The maximum Gasteiger partial charge on any atom is 0.410 e. The van der Waals surface area contributed by atoms with Gasteiger partial charge in [0.2, 0.25) is 0 Å². The summed E-state index contributed by atoms with van der Waals surface area (Å²) in [4.78, 5) is 27.9. The lowest BCUT2D eigenvalue weighted by Crippen LogP contribution is -2.56. The minimum absolute atomic E-state index is 0.135. The zero-order valence-electron chi connectivity index (χ0n) is 19.4. The zero-order valence-corrected chi connectivity index (χ0v) is 19.4. The molecule has 172 valence electrons. The minimum atomic E-state index is -1.12. The van der Waals surface area contributed by atoms with Gasteiger partial charge in [0.25, 0.3) is 0 Å². The molecule has 2 aromatic rings. The third-order valence-corrected chi connectivity index (χ3v) is 5.71. The molecule has 1 amide bonds. The van der Waals surface area contributed by atoms with Gasteiger partial charge in [-0.1, -0.05) is 48.5 Å². The first-order valence-corrected chi connectivity index (χ1v) is 11.0. The lowest BCUT2D eigenvalue weighted by molar-refractivity contribution is -0.151. The van der Waals surface area contributed by atoms with Crippen molar-refractivity contribution in [3.05, 3.63) is 78.0 Å². The number of hydrogen-bond acceptors (Lipinski definition) is 6. The number of para-hydroxylation sites is 1. The van der Waals surface area contributed by atoms with Crippen LogP contribution in [0.2, 0.25) is 0 Å². The first-order valence-electron chi connectivity index (χ1n) is 11.0. The van der Waals surface area contributed by atoms with Crippen LogP contribution in [0.25, 0.3) is 0 Å². The van der Waals surface area contributed by atoms with Crippen LogP contribution in [0.15, 0.2) is 77.5 Å². The second kappa shape index (κ2) is 8.73. The van der Waals surface area contributed by atoms with E-state index in [1.807, 2.05) is 87.5 Å². The van der Waals surface area contributed by atoms with Gasteiger partial charge in [-0.3, -0.25) is 4.79 Å². The Kier molecular flexibility index (Phi) is 5.97. The fourth-order valence-electron chi connectivity index (χ4n) is 4.25. The van der Waals surface area contributed by atoms with E-state index in [2.05, 4.69) is 0 Å². The van der Waals surface area contributed by atoms with Gasteiger partial charge in [0, 0.05) is 19.5 Å². The van der Waals surface area contributed by atoms with Crippen LogP contribution in [-0.4, -0.2) is 48.5 Å². The normalized spacial score (nSPS) is 20.4. The number of esters is 1. The van der Waals surface area contributed by atoms with Crippen molar-refractivity contribution in [3.63, 3.8) is 0 Å². The molecule has 0 saturated heterocycles. The third kappa shape index (κ3) is 4.49. The van der Waals surface area contributed by atoms with Crippen LogP contribution in [0.1, 0.15) is 32.8 Å². The highest BCUT2D eigenvalue weighted by atomic mass is 16.6. The molecule has 0 fully saturated rings. The number of fused-ring (bicyclic) bond motifs is 1. The van der Waals surface area contributed by atoms with E-state index in [0.29, 0.717) is 18.7 Å². The van der Waals surface area contributed by atoms with E-state index in [1.165, 1.54) is 7.11 Å². The second-order valence-corrected chi connectivity index (χ2v) is 9.26. The summed E-state index contributed by atoms with van der Waals surface area (Å²) >= 11 is 0. The summed E-state index contributed by atoms with van der Waals surface area (Å²) in [5.41, 5.74) is 1.44. The average Bonchev–Trinajstić information content (AvgIpc) is 2.82. The molecular formula is C26H29N3O4. The van der Waals surface area contributed by atoms with Gasteiger partial charge in [0.15, 0.2) is 0 Å². The van der Waals surface area contributed by atoms with Gasteiger partial charge >= 0.3 is 12.1 Å². The molecule has 4 rings (SSSR count). The number of benzene rings is 2. The summed E-state index contributed by atoms with van der Waals surface area (Å²) in [6, 6.07) is 19.4. The minimum Gasteiger partial charge on any atom is -0.468 e. The molecule has 2 aliphatic rings. The lowest BCUT2D eigenvalue weighted by atomic mass is 9.74. The first-order chi connectivity index (χ1) is 15.7. The highest BCUT2D eigenvalue weighted by molar-refractivity contribution is 6.06. The van der Waals surface area contributed by atoms with E-state index >= 15 is 0 Å². The molecule has 1 unspecified atom stereocenters. The van der Waals surface area contributed by atoms with Crippen molar-refractivity contribution in [3.8, 4) is 0 Å². The number of hydrogen-bond donors (Lipinski definition) is 0. The van der Waals surface area contributed by atoms with Gasteiger partial charge in [-0.2, -0.15) is 5.10 Å². The van der Waals surface area contributed by atoms with Crippen LogP contribution in [0, 0.1) is 5.41 Å². The molecule has 0 spiro atoms. The molecule has 0 bridgehead atoms. The van der Waals surface area contributed by atoms with Crippen molar-refractivity contribution in [1.82, 2.24) is 4.90 Å². The lowest BCUT2D eigenvalue weighted by Gasteiger charge is -2.46. The fourth-order valence-corrected chi connectivity index (χ4v) is 4.25. The molecule has 1 atom stereocenters. The van der Waals surface area contributed by atoms with Gasteiger partial charge in [0.05, 0.1) is 24.2 Å². The van der Waals surface area contributed by atoms with Gasteiger partial charge in [0.1, 0.15) is 11.0 Å². The van der Waals surface area contributed by atoms with Crippen molar-refractivity contribution in [1.29, 1.82) is 0 Å². The number of nitrogens with zero attached hydrogens (tertiary/aromatic N) is 3. The van der Waals surface area contributed by atoms with Gasteiger partial charge in [-0.05, 0) is 44.5 Å². The Hall–Kier alpha value is -3.61. The van der Waals surface area contributed by atoms with Crippen molar-refractivity contribution in [2.75, 3.05) is 25.2 Å². The van der Waals surface area contributed by atoms with Crippen LogP contribution in [0.3, 0.4) is 0 Å². The summed E-state index contributed by atoms with van der Waals surface area (Å²) in [6.45, 7) is 5.91. The highest BCUT2D eigenvalue weighted by Crippen LogP contribution is 2.45. The molecule has 0 radical (unpaired) electrons. The van der Waals surface area contributed by atoms with E-state index in [1.54, 1.807) is 9.91 Å². The van der Waals surface area contributed by atoms with E-state index in [-0.39, 0.29) is 6.54 Å². The van der Waals surface area contributed by atoms with Crippen molar-refractivity contribution >= 4 is 23.5 Å². The Balaban J connectivity index is 1.83. The summed E-state index contributed by atoms with van der Waals surface area (Å²) in [5, 5.41) is 6.74. The van der Waals surface area contributed by atoms with Crippen LogP contribution in [-0.2, 0) is 14.3 Å². The Morgan fingerprint density at radius 2 is 1.64 bits per heavy atom. The molecule has 2 aromatic carbocycles. The van der Waals surface area contributed by atoms with Gasteiger partial charge < -0.3 is 14.4 Å². The average molecular weight is 448 g/mol. The van der Waals surface area contributed by atoms with Crippen LogP contribution in [0.5, 0.6) is 0 Å². The van der Waals surface area contributed by atoms with Crippen molar-refractivity contribution < 1.29 is 19.1 Å². The predicted octanol–water partition coefficient (Wildman–Crippen LogP) is 4.60. The quantitative estimate of drug-likeness (QED) is 0.644. The molecule has 0 N–H and O–H groups in total. The first kappa shape index (κ1) is 22.6. The zero-order chi connectivity index (χ0) is 23.6. The Labute approximate surface area is 194 Å². The number of methoxy groups -OCH3 is 1. The molecule has 7 heteroatoms. The topological polar surface area (TPSA) is 71.4 Å². The molecule has 0 aliphatic carbocycles. The number of anilines is 1.